The third-order valence-electron chi connectivity index (χ3n) is 4.46. The van der Waals surface area contributed by atoms with Crippen LogP contribution in [-0.4, -0.2) is 42.9 Å². The lowest BCUT2D eigenvalue weighted by molar-refractivity contribution is -0.143. The third-order valence-corrected chi connectivity index (χ3v) is 5.86. The van der Waals surface area contributed by atoms with E-state index in [-0.39, 0.29) is 16.1 Å². The van der Waals surface area contributed by atoms with Gasteiger partial charge in [-0.25, -0.2) is 13.2 Å². The highest BCUT2D eigenvalue weighted by Crippen LogP contribution is 2.22. The molecule has 1 aliphatic heterocycles. The average Bonchev–Trinajstić information content (AvgIpc) is 2.68. The summed E-state index contributed by atoms with van der Waals surface area (Å²) >= 11 is 0. The molecule has 1 amide bonds. The van der Waals surface area contributed by atoms with Crippen LogP contribution in [0.25, 0.3) is 0 Å². The van der Waals surface area contributed by atoms with Gasteiger partial charge in [-0.2, -0.15) is 0 Å². The minimum absolute atomic E-state index is 0.115. The van der Waals surface area contributed by atoms with Crippen LogP contribution in [0.3, 0.4) is 0 Å². The van der Waals surface area contributed by atoms with Crippen molar-refractivity contribution < 1.29 is 23.1 Å². The summed E-state index contributed by atoms with van der Waals surface area (Å²) in [6, 6.07) is 13.1. The van der Waals surface area contributed by atoms with E-state index in [1.165, 1.54) is 23.1 Å². The molecule has 1 heterocycles. The van der Waals surface area contributed by atoms with Crippen LogP contribution in [0, 0.1) is 0 Å². The fourth-order valence-electron chi connectivity index (χ4n) is 3.13. The van der Waals surface area contributed by atoms with Gasteiger partial charge in [-0.3, -0.25) is 9.52 Å². The molecule has 1 atom stereocenters. The van der Waals surface area contributed by atoms with E-state index in [1.54, 1.807) is 36.4 Å². The smallest absolute Gasteiger partial charge is 0.326 e. The van der Waals surface area contributed by atoms with Gasteiger partial charge in [-0.05, 0) is 49.6 Å². The fraction of sp³-hybridized carbons (Fsp3) is 0.263. The number of carboxylic acid groups (broad SMARTS) is 1. The SMILES string of the molecule is O=C(O)C1CCCCN1C(=O)c1cccc(NS(=O)(=O)c2ccccc2)c1. The van der Waals surface area contributed by atoms with E-state index < -0.39 is 27.9 Å². The normalized spacial score (nSPS) is 17.3. The quantitative estimate of drug-likeness (QED) is 0.819. The van der Waals surface area contributed by atoms with E-state index in [0.717, 1.165) is 12.8 Å². The zero-order valence-corrected chi connectivity index (χ0v) is 15.4. The summed E-state index contributed by atoms with van der Waals surface area (Å²) in [4.78, 5) is 25.7. The van der Waals surface area contributed by atoms with E-state index in [9.17, 15) is 23.1 Å². The van der Waals surface area contributed by atoms with Crippen molar-refractivity contribution in [1.29, 1.82) is 0 Å². The highest BCUT2D eigenvalue weighted by atomic mass is 32.2. The number of sulfonamides is 1. The zero-order valence-electron chi connectivity index (χ0n) is 14.5. The van der Waals surface area contributed by atoms with Gasteiger partial charge in [0.05, 0.1) is 4.90 Å². The van der Waals surface area contributed by atoms with Crippen LogP contribution in [0.4, 0.5) is 5.69 Å². The fourth-order valence-corrected chi connectivity index (χ4v) is 4.20. The molecule has 1 saturated heterocycles. The number of benzene rings is 2. The Kier molecular flexibility index (Phi) is 5.46. The minimum Gasteiger partial charge on any atom is -0.480 e. The van der Waals surface area contributed by atoms with Gasteiger partial charge in [-0.1, -0.05) is 24.3 Å². The first-order valence-electron chi connectivity index (χ1n) is 8.60. The number of nitrogens with one attached hydrogen (secondary N) is 1. The number of hydrogen-bond donors (Lipinski definition) is 2. The number of likely N-dealkylation sites (tertiary alicyclic amines) is 1. The third kappa shape index (κ3) is 4.28. The lowest BCUT2D eigenvalue weighted by Gasteiger charge is -2.33. The van der Waals surface area contributed by atoms with Gasteiger partial charge in [0, 0.05) is 17.8 Å². The number of rotatable bonds is 5. The van der Waals surface area contributed by atoms with Crippen LogP contribution in [0.2, 0.25) is 0 Å². The molecule has 0 aliphatic carbocycles. The van der Waals surface area contributed by atoms with Gasteiger partial charge in [0.2, 0.25) is 0 Å². The van der Waals surface area contributed by atoms with E-state index in [2.05, 4.69) is 4.72 Å². The van der Waals surface area contributed by atoms with Crippen molar-refractivity contribution >= 4 is 27.6 Å². The Bertz CT molecular complexity index is 944. The maximum Gasteiger partial charge on any atom is 0.326 e. The Morgan fingerprint density at radius 2 is 1.78 bits per heavy atom. The number of amides is 1. The molecule has 2 aromatic carbocycles. The Morgan fingerprint density at radius 1 is 1.04 bits per heavy atom. The van der Waals surface area contributed by atoms with Crippen molar-refractivity contribution in [3.63, 3.8) is 0 Å². The first kappa shape index (κ1) is 18.9. The predicted molar refractivity (Wildman–Crippen MR) is 100 cm³/mol. The number of aliphatic carboxylic acids is 1. The number of piperidine rings is 1. The second kappa shape index (κ2) is 7.79. The van der Waals surface area contributed by atoms with Crippen molar-refractivity contribution in [1.82, 2.24) is 4.90 Å². The summed E-state index contributed by atoms with van der Waals surface area (Å²) < 4.78 is 27.3. The lowest BCUT2D eigenvalue weighted by atomic mass is 10.0. The molecule has 27 heavy (non-hydrogen) atoms. The summed E-state index contributed by atoms with van der Waals surface area (Å²) in [6.07, 6.45) is 1.93. The molecule has 2 aromatic rings. The molecule has 3 rings (SSSR count). The topological polar surface area (TPSA) is 104 Å². The maximum absolute atomic E-state index is 12.8. The summed E-state index contributed by atoms with van der Waals surface area (Å²) in [5, 5.41) is 9.35. The zero-order chi connectivity index (χ0) is 19.4. The van der Waals surface area contributed by atoms with E-state index in [4.69, 9.17) is 0 Å². The largest absolute Gasteiger partial charge is 0.480 e. The first-order valence-corrected chi connectivity index (χ1v) is 10.1. The second-order valence-electron chi connectivity index (χ2n) is 6.35. The lowest BCUT2D eigenvalue weighted by Crippen LogP contribution is -2.48. The van der Waals surface area contributed by atoms with Crippen LogP contribution < -0.4 is 4.72 Å². The van der Waals surface area contributed by atoms with Crippen molar-refractivity contribution in [2.75, 3.05) is 11.3 Å². The Morgan fingerprint density at radius 3 is 2.48 bits per heavy atom. The molecule has 2 N–H and O–H groups in total. The summed E-state index contributed by atoms with van der Waals surface area (Å²) in [7, 11) is -3.77. The molecule has 1 fully saturated rings. The molecule has 0 radical (unpaired) electrons. The van der Waals surface area contributed by atoms with E-state index in [1.807, 2.05) is 0 Å². The number of carbonyl (C=O) groups is 2. The Balaban J connectivity index is 1.83. The van der Waals surface area contributed by atoms with Gasteiger partial charge in [0.25, 0.3) is 15.9 Å². The first-order chi connectivity index (χ1) is 12.9. The molecule has 0 aromatic heterocycles. The van der Waals surface area contributed by atoms with Gasteiger partial charge in [-0.15, -0.1) is 0 Å². The highest BCUT2D eigenvalue weighted by Gasteiger charge is 2.32. The van der Waals surface area contributed by atoms with Gasteiger partial charge in [0.1, 0.15) is 6.04 Å². The van der Waals surface area contributed by atoms with E-state index in [0.29, 0.717) is 13.0 Å². The second-order valence-corrected chi connectivity index (χ2v) is 8.03. The van der Waals surface area contributed by atoms with Crippen LogP contribution >= 0.6 is 0 Å². The molecular formula is C19H20N2O5S. The van der Waals surface area contributed by atoms with E-state index >= 15 is 0 Å². The summed E-state index contributed by atoms with van der Waals surface area (Å²) in [5.74, 6) is -1.44. The molecule has 1 unspecified atom stereocenters. The molecule has 8 heteroatoms. The Labute approximate surface area is 157 Å². The van der Waals surface area contributed by atoms with Crippen molar-refractivity contribution in [3.8, 4) is 0 Å². The van der Waals surface area contributed by atoms with Crippen molar-refractivity contribution in [2.24, 2.45) is 0 Å². The maximum atomic E-state index is 12.8. The standard InChI is InChI=1S/C19H20N2O5S/c22-18(21-12-5-4-11-17(21)19(23)24)14-7-6-8-15(13-14)20-27(25,26)16-9-2-1-3-10-16/h1-3,6-10,13,17,20H,4-5,11-12H2,(H,23,24). The minimum atomic E-state index is -3.77. The Hall–Kier alpha value is -2.87. The number of hydrogen-bond acceptors (Lipinski definition) is 4. The molecule has 0 bridgehead atoms. The predicted octanol–water partition coefficient (Wildman–Crippen LogP) is 2.57. The van der Waals surface area contributed by atoms with Crippen LogP contribution in [0.5, 0.6) is 0 Å². The van der Waals surface area contributed by atoms with Gasteiger partial charge in [0.15, 0.2) is 0 Å². The van der Waals surface area contributed by atoms with Crippen molar-refractivity contribution in [2.45, 2.75) is 30.2 Å². The average molecular weight is 388 g/mol. The number of carbonyl (C=O) groups excluding carboxylic acids is 1. The van der Waals surface area contributed by atoms with Crippen LogP contribution in [-0.2, 0) is 14.8 Å². The number of nitrogens with zero attached hydrogens (tertiary/aromatic N) is 1. The van der Waals surface area contributed by atoms with Gasteiger partial charge < -0.3 is 10.0 Å². The monoisotopic (exact) mass is 388 g/mol. The molecule has 1 aliphatic rings. The molecule has 142 valence electrons. The highest BCUT2D eigenvalue weighted by molar-refractivity contribution is 7.92. The molecule has 7 nitrogen and oxygen atoms in total. The number of carboxylic acids is 1. The molecule has 0 spiro atoms. The number of anilines is 1. The molecular weight excluding hydrogens is 368 g/mol. The van der Waals surface area contributed by atoms with Crippen molar-refractivity contribution in [3.05, 3.63) is 60.2 Å². The molecule has 0 saturated carbocycles. The summed E-state index contributed by atoms with van der Waals surface area (Å²) in [6.45, 7) is 0.371. The van der Waals surface area contributed by atoms with Crippen LogP contribution in [0.1, 0.15) is 29.6 Å². The van der Waals surface area contributed by atoms with Gasteiger partial charge >= 0.3 is 5.97 Å². The van der Waals surface area contributed by atoms with Crippen LogP contribution in [0.15, 0.2) is 59.5 Å². The summed E-state index contributed by atoms with van der Waals surface area (Å²) in [5.41, 5.74) is 0.491.